The van der Waals surface area contributed by atoms with E-state index in [2.05, 4.69) is 10.5 Å². The molecule has 0 aliphatic heterocycles. The molecular weight excluding hydrogens is 282 g/mol. The molecule has 2 aromatic rings. The van der Waals surface area contributed by atoms with Gasteiger partial charge in [-0.25, -0.2) is 0 Å². The molecule has 0 unspecified atom stereocenters. The van der Waals surface area contributed by atoms with E-state index in [1.807, 2.05) is 24.3 Å². The van der Waals surface area contributed by atoms with Crippen molar-refractivity contribution in [2.45, 2.75) is 17.7 Å². The van der Waals surface area contributed by atoms with E-state index in [4.69, 9.17) is 0 Å². The first-order chi connectivity index (χ1) is 10.2. The number of hydrogen-bond donors (Lipinski definition) is 0. The van der Waals surface area contributed by atoms with Crippen LogP contribution in [-0.2, 0) is 16.4 Å². The van der Waals surface area contributed by atoms with Crippen LogP contribution >= 0.6 is 0 Å². The summed E-state index contributed by atoms with van der Waals surface area (Å²) in [6.07, 6.45) is 5.38. The van der Waals surface area contributed by atoms with Crippen molar-refractivity contribution in [1.29, 1.82) is 0 Å². The van der Waals surface area contributed by atoms with E-state index >= 15 is 0 Å². The second-order valence-electron chi connectivity index (χ2n) is 4.88. The molecule has 0 spiro atoms. The lowest BCUT2D eigenvalue weighted by molar-refractivity contribution is 0.598. The van der Waals surface area contributed by atoms with Gasteiger partial charge in [0.1, 0.15) is 0 Å². The predicted octanol–water partition coefficient (Wildman–Crippen LogP) is 3.48. The summed E-state index contributed by atoms with van der Waals surface area (Å²) in [4.78, 5) is 0.214. The van der Waals surface area contributed by atoms with Gasteiger partial charge in [-0.3, -0.25) is 0 Å². The van der Waals surface area contributed by atoms with Crippen molar-refractivity contribution >= 4 is 21.8 Å². The van der Waals surface area contributed by atoms with E-state index in [9.17, 15) is 8.42 Å². The molecule has 0 amide bonds. The first-order valence-electron chi connectivity index (χ1n) is 6.81. The van der Waals surface area contributed by atoms with Gasteiger partial charge in [0.2, 0.25) is 0 Å². The van der Waals surface area contributed by atoms with Crippen LogP contribution in [0.5, 0.6) is 0 Å². The lowest BCUT2D eigenvalue weighted by Crippen LogP contribution is -2.02. The summed E-state index contributed by atoms with van der Waals surface area (Å²) in [5.74, 6) is 0. The average molecular weight is 297 g/mol. The van der Waals surface area contributed by atoms with Gasteiger partial charge in [-0.2, -0.15) is 12.8 Å². The highest BCUT2D eigenvalue weighted by Gasteiger charge is 2.13. The molecule has 2 aromatic carbocycles. The molecule has 1 aliphatic rings. The summed E-state index contributed by atoms with van der Waals surface area (Å²) in [6.45, 7) is 0. The largest absolute Gasteiger partial charge is 0.282 e. The molecule has 0 radical (unpaired) electrons. The highest BCUT2D eigenvalue weighted by atomic mass is 32.2. The standard InChI is InChI=1S/C17H15NO2S/c19-21(20,16-10-2-1-3-11-16)18-13-15-9-6-8-14-7-4-5-12-17(14)15/h1-5,7,9-13H,6,8H2/b18-13+. The molecule has 0 N–H and O–H groups in total. The number of benzene rings is 2. The summed E-state index contributed by atoms with van der Waals surface area (Å²) in [7, 11) is -3.63. The van der Waals surface area contributed by atoms with Gasteiger partial charge < -0.3 is 0 Å². The second kappa shape index (κ2) is 5.66. The van der Waals surface area contributed by atoms with E-state index in [1.54, 1.807) is 30.3 Å². The molecule has 21 heavy (non-hydrogen) atoms. The van der Waals surface area contributed by atoms with Crippen LogP contribution in [0.4, 0.5) is 0 Å². The third-order valence-electron chi connectivity index (χ3n) is 3.48. The van der Waals surface area contributed by atoms with E-state index in [0.717, 1.165) is 24.0 Å². The Kier molecular flexibility index (Phi) is 3.71. The van der Waals surface area contributed by atoms with Gasteiger partial charge in [-0.1, -0.05) is 48.5 Å². The zero-order chi connectivity index (χ0) is 14.7. The van der Waals surface area contributed by atoms with Crippen LogP contribution in [0.3, 0.4) is 0 Å². The van der Waals surface area contributed by atoms with Crippen LogP contribution in [0.1, 0.15) is 17.5 Å². The van der Waals surface area contributed by atoms with Gasteiger partial charge in [0.15, 0.2) is 0 Å². The van der Waals surface area contributed by atoms with Crippen LogP contribution in [0.2, 0.25) is 0 Å². The SMILES string of the molecule is O=S(=O)(/N=C/C1=CCCc2ccccc21)c1ccccc1. The van der Waals surface area contributed by atoms with Gasteiger partial charge in [-0.15, -0.1) is 0 Å². The number of aryl methyl sites for hydroxylation is 1. The molecule has 4 heteroatoms. The lowest BCUT2D eigenvalue weighted by Gasteiger charge is -2.14. The Hall–Kier alpha value is -2.20. The molecule has 3 rings (SSSR count). The second-order valence-corrected chi connectivity index (χ2v) is 6.51. The summed E-state index contributed by atoms with van der Waals surface area (Å²) < 4.78 is 28.2. The Morgan fingerprint density at radius 1 is 0.952 bits per heavy atom. The molecule has 1 aliphatic carbocycles. The predicted molar refractivity (Wildman–Crippen MR) is 84.9 cm³/mol. The fourth-order valence-electron chi connectivity index (χ4n) is 2.41. The summed E-state index contributed by atoms with van der Waals surface area (Å²) in [5, 5.41) is 0. The van der Waals surface area contributed by atoms with Crippen LogP contribution < -0.4 is 0 Å². The minimum atomic E-state index is -3.63. The maximum atomic E-state index is 12.2. The summed E-state index contributed by atoms with van der Waals surface area (Å²) >= 11 is 0. The summed E-state index contributed by atoms with van der Waals surface area (Å²) in [6, 6.07) is 16.3. The Bertz CT molecular complexity index is 806. The molecular formula is C17H15NO2S. The quantitative estimate of drug-likeness (QED) is 0.814. The van der Waals surface area contributed by atoms with Crippen LogP contribution in [0, 0.1) is 0 Å². The van der Waals surface area contributed by atoms with Crippen molar-refractivity contribution in [2.24, 2.45) is 4.40 Å². The highest BCUT2D eigenvalue weighted by molar-refractivity contribution is 7.90. The number of hydrogen-bond acceptors (Lipinski definition) is 2. The summed E-state index contributed by atoms with van der Waals surface area (Å²) in [5.41, 5.74) is 3.17. The molecule has 0 heterocycles. The smallest absolute Gasteiger partial charge is 0.199 e. The molecule has 0 fully saturated rings. The van der Waals surface area contributed by atoms with Gasteiger partial charge in [-0.05, 0) is 41.7 Å². The normalized spacial score (nSPS) is 14.8. The third kappa shape index (κ3) is 2.95. The van der Waals surface area contributed by atoms with Crippen LogP contribution in [-0.4, -0.2) is 14.6 Å². The minimum Gasteiger partial charge on any atom is -0.199 e. The number of rotatable bonds is 3. The Balaban J connectivity index is 1.92. The first-order valence-corrected chi connectivity index (χ1v) is 8.25. The van der Waals surface area contributed by atoms with Gasteiger partial charge >= 0.3 is 0 Å². The minimum absolute atomic E-state index is 0.214. The number of nitrogens with zero attached hydrogens (tertiary/aromatic N) is 1. The van der Waals surface area contributed by atoms with Crippen molar-refractivity contribution < 1.29 is 8.42 Å². The van der Waals surface area contributed by atoms with Crippen molar-refractivity contribution in [2.75, 3.05) is 0 Å². The molecule has 0 saturated heterocycles. The number of sulfonamides is 1. The lowest BCUT2D eigenvalue weighted by atomic mass is 9.91. The topological polar surface area (TPSA) is 46.5 Å². The number of fused-ring (bicyclic) bond motifs is 1. The molecule has 0 saturated carbocycles. The van der Waals surface area contributed by atoms with Gasteiger partial charge in [0, 0.05) is 6.21 Å². The van der Waals surface area contributed by atoms with Gasteiger partial charge in [0.05, 0.1) is 4.90 Å². The molecule has 106 valence electrons. The zero-order valence-corrected chi connectivity index (χ0v) is 12.3. The monoisotopic (exact) mass is 297 g/mol. The van der Waals surface area contributed by atoms with Gasteiger partial charge in [0.25, 0.3) is 10.0 Å². The fourth-order valence-corrected chi connectivity index (χ4v) is 3.29. The van der Waals surface area contributed by atoms with Crippen LogP contribution in [0.15, 0.2) is 70.0 Å². The van der Waals surface area contributed by atoms with E-state index in [0.29, 0.717) is 0 Å². The highest BCUT2D eigenvalue weighted by Crippen LogP contribution is 2.25. The Morgan fingerprint density at radius 3 is 2.48 bits per heavy atom. The van der Waals surface area contributed by atoms with Crippen molar-refractivity contribution in [1.82, 2.24) is 0 Å². The number of allylic oxidation sites excluding steroid dienone is 2. The molecule has 0 atom stereocenters. The van der Waals surface area contributed by atoms with Crippen LogP contribution in [0.25, 0.3) is 5.57 Å². The van der Waals surface area contributed by atoms with E-state index in [-0.39, 0.29) is 4.90 Å². The molecule has 3 nitrogen and oxygen atoms in total. The van der Waals surface area contributed by atoms with E-state index in [1.165, 1.54) is 11.8 Å². The van der Waals surface area contributed by atoms with E-state index < -0.39 is 10.0 Å². The fraction of sp³-hybridized carbons (Fsp3) is 0.118. The maximum absolute atomic E-state index is 12.2. The van der Waals surface area contributed by atoms with Crippen molar-refractivity contribution in [3.8, 4) is 0 Å². The maximum Gasteiger partial charge on any atom is 0.282 e. The zero-order valence-electron chi connectivity index (χ0n) is 11.4. The first kappa shape index (κ1) is 13.8. The third-order valence-corrected chi connectivity index (χ3v) is 4.73. The Morgan fingerprint density at radius 2 is 1.67 bits per heavy atom. The molecule has 0 aromatic heterocycles. The molecule has 0 bridgehead atoms. The van der Waals surface area contributed by atoms with Crippen molar-refractivity contribution in [3.05, 3.63) is 71.8 Å². The van der Waals surface area contributed by atoms with Crippen molar-refractivity contribution in [3.63, 3.8) is 0 Å². The Labute approximate surface area is 124 Å². The average Bonchev–Trinajstić information content (AvgIpc) is 2.54.